The third-order valence-corrected chi connectivity index (χ3v) is 4.78. The van der Waals surface area contributed by atoms with Crippen LogP contribution in [-0.2, 0) is 4.79 Å². The summed E-state index contributed by atoms with van der Waals surface area (Å²) < 4.78 is 0. The summed E-state index contributed by atoms with van der Waals surface area (Å²) in [5, 5.41) is 0. The molecule has 1 aliphatic rings. The molecule has 0 aromatic heterocycles. The van der Waals surface area contributed by atoms with E-state index in [2.05, 4.69) is 53.4 Å². The van der Waals surface area contributed by atoms with Crippen LogP contribution >= 0.6 is 11.6 Å². The van der Waals surface area contributed by atoms with Crippen LogP contribution in [0.3, 0.4) is 0 Å². The largest absolute Gasteiger partial charge is 0.300 e. The maximum absolute atomic E-state index is 10.9. The molecule has 4 heteroatoms. The molecule has 0 radical (unpaired) electrons. The Kier molecular flexibility index (Phi) is 5.44. The Labute approximate surface area is 142 Å². The maximum Gasteiger partial charge on any atom is 0.152 e. The lowest BCUT2D eigenvalue weighted by Crippen LogP contribution is -2.50. The topological polar surface area (TPSA) is 23.6 Å². The van der Waals surface area contributed by atoms with Crippen molar-refractivity contribution in [2.75, 3.05) is 26.2 Å². The molecule has 0 bridgehead atoms. The number of rotatable bonds is 5. The van der Waals surface area contributed by atoms with E-state index in [1.807, 2.05) is 17.0 Å². The Morgan fingerprint density at radius 2 is 1.22 bits per heavy atom. The predicted octanol–water partition coefficient (Wildman–Crippen LogP) is 3.16. The molecular weight excluding hydrogens is 308 g/mol. The first-order chi connectivity index (χ1) is 11.3. The number of benzene rings is 2. The number of carbonyl (C=O) groups is 1. The van der Waals surface area contributed by atoms with Crippen molar-refractivity contribution in [3.63, 3.8) is 0 Å². The molecule has 1 saturated heterocycles. The van der Waals surface area contributed by atoms with E-state index in [-0.39, 0.29) is 6.04 Å². The molecule has 3 rings (SSSR count). The first-order valence-electron chi connectivity index (χ1n) is 7.97. The third kappa shape index (κ3) is 3.81. The number of hydrogen-bond donors (Lipinski definition) is 0. The van der Waals surface area contributed by atoms with Crippen LogP contribution in [0, 0.1) is 0 Å². The number of hydrogen-bond acceptors (Lipinski definition) is 3. The van der Waals surface area contributed by atoms with Gasteiger partial charge in [-0.3, -0.25) is 9.80 Å². The normalized spacial score (nSPS) is 18.0. The molecule has 1 fully saturated rings. The van der Waals surface area contributed by atoms with Gasteiger partial charge in [-0.25, -0.2) is 0 Å². The van der Waals surface area contributed by atoms with Crippen LogP contribution in [0.25, 0.3) is 0 Å². The van der Waals surface area contributed by atoms with Gasteiger partial charge in [-0.15, -0.1) is 0 Å². The van der Waals surface area contributed by atoms with Gasteiger partial charge in [-0.1, -0.05) is 72.3 Å². The van der Waals surface area contributed by atoms with Crippen molar-refractivity contribution in [1.29, 1.82) is 0 Å². The molecule has 1 atom stereocenters. The third-order valence-electron chi connectivity index (χ3n) is 4.41. The molecule has 0 N–H and O–H groups in total. The van der Waals surface area contributed by atoms with Gasteiger partial charge in [0.15, 0.2) is 6.29 Å². The van der Waals surface area contributed by atoms with Crippen molar-refractivity contribution >= 4 is 17.9 Å². The lowest BCUT2D eigenvalue weighted by molar-refractivity contribution is -0.110. The van der Waals surface area contributed by atoms with Crippen molar-refractivity contribution in [2.24, 2.45) is 0 Å². The van der Waals surface area contributed by atoms with Crippen LogP contribution in [-0.4, -0.2) is 47.8 Å². The van der Waals surface area contributed by atoms with Crippen molar-refractivity contribution in [3.05, 3.63) is 71.8 Å². The Hall–Kier alpha value is -1.68. The first kappa shape index (κ1) is 16.2. The van der Waals surface area contributed by atoms with Gasteiger partial charge >= 0.3 is 0 Å². The van der Waals surface area contributed by atoms with E-state index in [4.69, 9.17) is 11.6 Å². The number of alkyl halides is 1. The molecule has 0 saturated carbocycles. The zero-order valence-electron chi connectivity index (χ0n) is 13.0. The molecule has 0 aliphatic carbocycles. The second-order valence-electron chi connectivity index (χ2n) is 5.80. The minimum absolute atomic E-state index is 0.240. The maximum atomic E-state index is 10.9. The van der Waals surface area contributed by atoms with E-state index in [1.165, 1.54) is 11.1 Å². The van der Waals surface area contributed by atoms with Crippen LogP contribution in [0.5, 0.6) is 0 Å². The average molecular weight is 329 g/mol. The van der Waals surface area contributed by atoms with Crippen molar-refractivity contribution in [2.45, 2.75) is 11.5 Å². The van der Waals surface area contributed by atoms with E-state index in [0.29, 0.717) is 0 Å². The molecule has 3 nitrogen and oxygen atoms in total. The van der Waals surface area contributed by atoms with Gasteiger partial charge in [0.05, 0.1) is 6.04 Å². The van der Waals surface area contributed by atoms with Crippen LogP contribution < -0.4 is 0 Å². The molecular formula is C19H21ClN2O. The highest BCUT2D eigenvalue weighted by molar-refractivity contribution is 6.27. The molecule has 0 spiro atoms. The second-order valence-corrected chi connectivity index (χ2v) is 6.25. The Morgan fingerprint density at radius 1 is 0.783 bits per heavy atom. The fourth-order valence-electron chi connectivity index (χ4n) is 3.21. The summed E-state index contributed by atoms with van der Waals surface area (Å²) in [5.41, 5.74) is 2.08. The van der Waals surface area contributed by atoms with Crippen molar-refractivity contribution in [1.82, 2.24) is 9.80 Å². The molecule has 2 aromatic carbocycles. The number of carbonyl (C=O) groups excluding carboxylic acids is 1. The number of nitrogens with zero attached hydrogens (tertiary/aromatic N) is 2. The average Bonchev–Trinajstić information content (AvgIpc) is 2.64. The zero-order valence-corrected chi connectivity index (χ0v) is 13.8. The van der Waals surface area contributed by atoms with Gasteiger partial charge in [0, 0.05) is 26.2 Å². The number of piperazine rings is 1. The molecule has 1 heterocycles. The summed E-state index contributed by atoms with van der Waals surface area (Å²) in [4.78, 5) is 15.4. The molecule has 1 aliphatic heterocycles. The first-order valence-corrected chi connectivity index (χ1v) is 8.40. The highest BCUT2D eigenvalue weighted by Gasteiger charge is 2.28. The Balaban J connectivity index is 1.82. The fourth-order valence-corrected chi connectivity index (χ4v) is 3.41. The minimum atomic E-state index is -0.510. The summed E-state index contributed by atoms with van der Waals surface area (Å²) in [5.74, 6) is 0. The van der Waals surface area contributed by atoms with Gasteiger partial charge in [-0.2, -0.15) is 0 Å². The highest BCUT2D eigenvalue weighted by atomic mass is 35.5. The fraction of sp³-hybridized carbons (Fsp3) is 0.316. The summed E-state index contributed by atoms with van der Waals surface area (Å²) >= 11 is 6.04. The smallest absolute Gasteiger partial charge is 0.152 e. The Morgan fingerprint density at radius 3 is 1.65 bits per heavy atom. The summed E-state index contributed by atoms with van der Waals surface area (Å²) in [6.45, 7) is 3.41. The van der Waals surface area contributed by atoms with Crippen molar-refractivity contribution < 1.29 is 4.79 Å². The van der Waals surface area contributed by atoms with Crippen molar-refractivity contribution in [3.8, 4) is 0 Å². The van der Waals surface area contributed by atoms with Crippen LogP contribution in [0.2, 0.25) is 0 Å². The molecule has 0 amide bonds. The molecule has 2 aromatic rings. The summed E-state index contributed by atoms with van der Waals surface area (Å²) in [6.07, 6.45) is 0.809. The van der Waals surface area contributed by atoms with E-state index >= 15 is 0 Å². The van der Waals surface area contributed by atoms with Crippen LogP contribution in [0.4, 0.5) is 0 Å². The lowest BCUT2D eigenvalue weighted by atomic mass is 9.96. The zero-order chi connectivity index (χ0) is 16.1. The summed E-state index contributed by atoms with van der Waals surface area (Å²) in [7, 11) is 0. The van der Waals surface area contributed by atoms with Gasteiger partial charge in [0.2, 0.25) is 0 Å². The SMILES string of the molecule is O=CC(Cl)N1CCN(C(c2ccccc2)c2ccccc2)CC1. The van der Waals surface area contributed by atoms with Crippen LogP contribution in [0.15, 0.2) is 60.7 Å². The molecule has 120 valence electrons. The van der Waals surface area contributed by atoms with Gasteiger partial charge < -0.3 is 4.79 Å². The second kappa shape index (κ2) is 7.73. The van der Waals surface area contributed by atoms with E-state index in [1.54, 1.807) is 0 Å². The van der Waals surface area contributed by atoms with E-state index in [9.17, 15) is 4.79 Å². The van der Waals surface area contributed by atoms with Gasteiger partial charge in [-0.05, 0) is 11.1 Å². The predicted molar refractivity (Wildman–Crippen MR) is 93.6 cm³/mol. The van der Waals surface area contributed by atoms with Gasteiger partial charge in [0.1, 0.15) is 5.50 Å². The number of aldehydes is 1. The molecule has 23 heavy (non-hydrogen) atoms. The summed E-state index contributed by atoms with van der Waals surface area (Å²) in [6, 6.07) is 21.4. The van der Waals surface area contributed by atoms with Crippen LogP contribution in [0.1, 0.15) is 17.2 Å². The minimum Gasteiger partial charge on any atom is -0.300 e. The molecule has 1 unspecified atom stereocenters. The van der Waals surface area contributed by atoms with E-state index in [0.717, 1.165) is 32.5 Å². The van der Waals surface area contributed by atoms with Gasteiger partial charge in [0.25, 0.3) is 0 Å². The Bertz CT molecular complexity index is 572. The monoisotopic (exact) mass is 328 g/mol. The standard InChI is InChI=1S/C19H21ClN2O/c20-18(15-23)21-11-13-22(14-12-21)19(16-7-3-1-4-8-16)17-9-5-2-6-10-17/h1-10,15,18-19H,11-14H2. The quantitative estimate of drug-likeness (QED) is 0.478. The number of halogens is 1. The highest BCUT2D eigenvalue weighted by Crippen LogP contribution is 2.29. The lowest BCUT2D eigenvalue weighted by Gasteiger charge is -2.40. The van der Waals surface area contributed by atoms with E-state index < -0.39 is 5.50 Å².